The number of hydrogen-bond acceptors (Lipinski definition) is 4. The molecule has 0 aliphatic rings. The number of methoxy groups -OCH3 is 1. The van der Waals surface area contributed by atoms with Crippen LogP contribution in [0.1, 0.15) is 17.2 Å². The van der Waals surface area contributed by atoms with Crippen LogP contribution in [0.4, 0.5) is 0 Å². The maximum absolute atomic E-state index is 5.39. The summed E-state index contributed by atoms with van der Waals surface area (Å²) in [7, 11) is 1.67. The second-order valence-electron chi connectivity index (χ2n) is 2.68. The number of rotatable bonds is 4. The van der Waals surface area contributed by atoms with Gasteiger partial charge in [-0.25, -0.2) is 0 Å². The standard InChI is InChI=1S/C8H14N2OS/c1-6-4-12-5-7(6)8(10-9)3-11-2/h4-5,8,10H,3,9H2,1-2H3. The van der Waals surface area contributed by atoms with Gasteiger partial charge in [0.15, 0.2) is 0 Å². The predicted molar refractivity (Wildman–Crippen MR) is 51.0 cm³/mol. The van der Waals surface area contributed by atoms with Gasteiger partial charge in [-0.15, -0.1) is 0 Å². The van der Waals surface area contributed by atoms with Gasteiger partial charge in [0, 0.05) is 7.11 Å². The summed E-state index contributed by atoms with van der Waals surface area (Å²) < 4.78 is 5.04. The lowest BCUT2D eigenvalue weighted by atomic mass is 10.1. The molecule has 3 nitrogen and oxygen atoms in total. The lowest BCUT2D eigenvalue weighted by Crippen LogP contribution is -2.31. The molecule has 0 saturated carbocycles. The third kappa shape index (κ3) is 2.04. The summed E-state index contributed by atoms with van der Waals surface area (Å²) in [6, 6.07) is 0.112. The van der Waals surface area contributed by atoms with E-state index in [9.17, 15) is 0 Å². The van der Waals surface area contributed by atoms with Gasteiger partial charge in [-0.1, -0.05) is 0 Å². The van der Waals surface area contributed by atoms with Crippen LogP contribution in [-0.4, -0.2) is 13.7 Å². The maximum Gasteiger partial charge on any atom is 0.0704 e. The van der Waals surface area contributed by atoms with Crippen molar-refractivity contribution >= 4 is 11.3 Å². The van der Waals surface area contributed by atoms with Gasteiger partial charge in [0.1, 0.15) is 0 Å². The van der Waals surface area contributed by atoms with Crippen LogP contribution in [0.15, 0.2) is 10.8 Å². The minimum absolute atomic E-state index is 0.112. The highest BCUT2D eigenvalue weighted by atomic mass is 32.1. The number of aryl methyl sites for hydroxylation is 1. The number of hydrazine groups is 1. The van der Waals surface area contributed by atoms with E-state index in [0.717, 1.165) is 0 Å². The monoisotopic (exact) mass is 186 g/mol. The Kier molecular flexibility index (Phi) is 3.68. The summed E-state index contributed by atoms with van der Waals surface area (Å²) in [5.41, 5.74) is 5.22. The van der Waals surface area contributed by atoms with E-state index in [0.29, 0.717) is 6.61 Å². The zero-order chi connectivity index (χ0) is 8.97. The summed E-state index contributed by atoms with van der Waals surface area (Å²) in [6.45, 7) is 2.68. The Labute approximate surface area is 76.5 Å². The first kappa shape index (κ1) is 9.67. The van der Waals surface area contributed by atoms with Gasteiger partial charge in [0.05, 0.1) is 12.6 Å². The molecule has 0 radical (unpaired) electrons. The molecule has 12 heavy (non-hydrogen) atoms. The van der Waals surface area contributed by atoms with Crippen molar-refractivity contribution in [2.75, 3.05) is 13.7 Å². The number of ether oxygens (including phenoxy) is 1. The predicted octanol–water partition coefficient (Wildman–Crippen LogP) is 1.21. The van der Waals surface area contributed by atoms with Crippen LogP contribution < -0.4 is 11.3 Å². The van der Waals surface area contributed by atoms with Gasteiger partial charge >= 0.3 is 0 Å². The van der Waals surface area contributed by atoms with Crippen molar-refractivity contribution in [3.8, 4) is 0 Å². The Morgan fingerprint density at radius 2 is 2.42 bits per heavy atom. The molecule has 1 aromatic rings. The van der Waals surface area contributed by atoms with Gasteiger partial charge in [-0.3, -0.25) is 11.3 Å². The van der Waals surface area contributed by atoms with E-state index in [4.69, 9.17) is 10.6 Å². The average molecular weight is 186 g/mol. The van der Waals surface area contributed by atoms with Crippen LogP contribution >= 0.6 is 11.3 Å². The first-order valence-corrected chi connectivity index (χ1v) is 4.71. The normalized spacial score (nSPS) is 13.2. The van der Waals surface area contributed by atoms with Gasteiger partial charge < -0.3 is 4.74 Å². The van der Waals surface area contributed by atoms with Crippen LogP contribution in [0, 0.1) is 6.92 Å². The van der Waals surface area contributed by atoms with Crippen LogP contribution in [-0.2, 0) is 4.74 Å². The molecular formula is C8H14N2OS. The highest BCUT2D eigenvalue weighted by Gasteiger charge is 2.11. The van der Waals surface area contributed by atoms with Crippen molar-refractivity contribution in [1.29, 1.82) is 0 Å². The zero-order valence-corrected chi connectivity index (χ0v) is 8.15. The number of hydrogen-bond donors (Lipinski definition) is 2. The summed E-state index contributed by atoms with van der Waals surface area (Å²) in [5, 5.41) is 4.20. The Morgan fingerprint density at radius 1 is 1.67 bits per heavy atom. The van der Waals surface area contributed by atoms with E-state index in [1.54, 1.807) is 18.4 Å². The van der Waals surface area contributed by atoms with Crippen molar-refractivity contribution in [2.45, 2.75) is 13.0 Å². The highest BCUT2D eigenvalue weighted by molar-refractivity contribution is 7.08. The van der Waals surface area contributed by atoms with Crippen molar-refractivity contribution < 1.29 is 4.74 Å². The molecule has 0 saturated heterocycles. The second-order valence-corrected chi connectivity index (χ2v) is 3.43. The molecule has 1 atom stereocenters. The minimum Gasteiger partial charge on any atom is -0.383 e. The Balaban J connectivity index is 2.72. The Morgan fingerprint density at radius 3 is 2.83 bits per heavy atom. The molecule has 1 aromatic heterocycles. The van der Waals surface area contributed by atoms with Crippen molar-refractivity contribution in [3.05, 3.63) is 21.9 Å². The lowest BCUT2D eigenvalue weighted by Gasteiger charge is -2.14. The SMILES string of the molecule is COCC(NN)c1cscc1C. The van der Waals surface area contributed by atoms with E-state index in [1.807, 2.05) is 0 Å². The molecule has 68 valence electrons. The van der Waals surface area contributed by atoms with Gasteiger partial charge in [0.25, 0.3) is 0 Å². The minimum atomic E-state index is 0.112. The van der Waals surface area contributed by atoms with Gasteiger partial charge in [-0.2, -0.15) is 11.3 Å². The summed E-state index contributed by atoms with van der Waals surface area (Å²) in [6.07, 6.45) is 0. The Bertz CT molecular complexity index is 237. The maximum atomic E-state index is 5.39. The fraction of sp³-hybridized carbons (Fsp3) is 0.500. The fourth-order valence-corrected chi connectivity index (χ4v) is 2.03. The summed E-state index contributed by atoms with van der Waals surface area (Å²) >= 11 is 1.68. The molecule has 0 fully saturated rings. The van der Waals surface area contributed by atoms with E-state index in [-0.39, 0.29) is 6.04 Å². The molecule has 0 amide bonds. The van der Waals surface area contributed by atoms with Crippen LogP contribution in [0.5, 0.6) is 0 Å². The largest absolute Gasteiger partial charge is 0.383 e. The van der Waals surface area contributed by atoms with Crippen molar-refractivity contribution in [2.24, 2.45) is 5.84 Å². The fourth-order valence-electron chi connectivity index (χ4n) is 1.12. The molecular weight excluding hydrogens is 172 g/mol. The first-order chi connectivity index (χ1) is 5.79. The highest BCUT2D eigenvalue weighted by Crippen LogP contribution is 2.21. The molecule has 0 bridgehead atoms. The van der Waals surface area contributed by atoms with Crippen LogP contribution in [0.2, 0.25) is 0 Å². The third-order valence-corrected chi connectivity index (χ3v) is 2.68. The second kappa shape index (κ2) is 4.57. The molecule has 4 heteroatoms. The topological polar surface area (TPSA) is 47.3 Å². The molecule has 3 N–H and O–H groups in total. The van der Waals surface area contributed by atoms with E-state index in [1.165, 1.54) is 11.1 Å². The average Bonchev–Trinajstić information content (AvgIpc) is 2.47. The molecule has 0 aliphatic carbocycles. The third-order valence-electron chi connectivity index (χ3n) is 1.81. The van der Waals surface area contributed by atoms with Crippen LogP contribution in [0.25, 0.3) is 0 Å². The lowest BCUT2D eigenvalue weighted by molar-refractivity contribution is 0.167. The van der Waals surface area contributed by atoms with Crippen LogP contribution in [0.3, 0.4) is 0 Å². The van der Waals surface area contributed by atoms with E-state index in [2.05, 4.69) is 23.1 Å². The molecule has 0 aliphatic heterocycles. The molecule has 0 aromatic carbocycles. The Hall–Kier alpha value is -0.420. The summed E-state index contributed by atoms with van der Waals surface area (Å²) in [4.78, 5) is 0. The van der Waals surface area contributed by atoms with Crippen molar-refractivity contribution in [3.63, 3.8) is 0 Å². The smallest absolute Gasteiger partial charge is 0.0704 e. The van der Waals surface area contributed by atoms with E-state index >= 15 is 0 Å². The molecule has 1 unspecified atom stereocenters. The number of nitrogens with two attached hydrogens (primary N) is 1. The summed E-state index contributed by atoms with van der Waals surface area (Å²) in [5.74, 6) is 5.39. The van der Waals surface area contributed by atoms with Gasteiger partial charge in [0.2, 0.25) is 0 Å². The van der Waals surface area contributed by atoms with E-state index < -0.39 is 0 Å². The quantitative estimate of drug-likeness (QED) is 0.549. The zero-order valence-electron chi connectivity index (χ0n) is 7.33. The van der Waals surface area contributed by atoms with Gasteiger partial charge in [-0.05, 0) is 28.8 Å². The van der Waals surface area contributed by atoms with Crippen molar-refractivity contribution in [1.82, 2.24) is 5.43 Å². The first-order valence-electron chi connectivity index (χ1n) is 3.77. The number of thiophene rings is 1. The number of nitrogens with one attached hydrogen (secondary N) is 1. The molecule has 1 rings (SSSR count). The molecule has 1 heterocycles. The molecule has 0 spiro atoms.